The summed E-state index contributed by atoms with van der Waals surface area (Å²) in [6.07, 6.45) is 2.32. The smallest absolute Gasteiger partial charge is 0.287 e. The first-order chi connectivity index (χ1) is 11.8. The Morgan fingerprint density at radius 2 is 2.12 bits per heavy atom. The molecule has 1 aromatic carbocycles. The Balaban J connectivity index is 0.00000121. The van der Waals surface area contributed by atoms with Crippen LogP contribution in [0.2, 0.25) is 0 Å². The second-order valence-corrected chi connectivity index (χ2v) is 7.10. The van der Waals surface area contributed by atoms with Crippen LogP contribution in [0.1, 0.15) is 23.4 Å². The van der Waals surface area contributed by atoms with Gasteiger partial charge in [0.25, 0.3) is 5.91 Å². The second kappa shape index (κ2) is 9.37. The fraction of sp³-hybridized carbons (Fsp3) is 0.333. The summed E-state index contributed by atoms with van der Waals surface area (Å²) < 4.78 is 6.83. The molecule has 1 aliphatic rings. The minimum absolute atomic E-state index is 0. The average molecular weight is 414 g/mol. The summed E-state index contributed by atoms with van der Waals surface area (Å²) in [5, 5.41) is 7.12. The first-order valence-corrected chi connectivity index (χ1v) is 9.06. The number of fused-ring (bicyclic) bond motifs is 1. The molecule has 140 valence electrons. The standard InChI is InChI=1S/C18H19N3O2S.2ClH/c22-17(20-11-12-4-3-9-19-10-12)14-7-8-15(23-14)18-21-13-5-1-2-6-16(13)24-18;;/h1-2,5-8,12,19H,3-4,9-11H2,(H,20,22);2*1H. The fourth-order valence-electron chi connectivity index (χ4n) is 2.97. The van der Waals surface area contributed by atoms with E-state index >= 15 is 0 Å². The highest BCUT2D eigenvalue weighted by atomic mass is 35.5. The summed E-state index contributed by atoms with van der Waals surface area (Å²) in [5.41, 5.74) is 0.949. The van der Waals surface area contributed by atoms with Crippen LogP contribution < -0.4 is 10.6 Å². The molecule has 1 unspecified atom stereocenters. The third-order valence-corrected chi connectivity index (χ3v) is 5.34. The topological polar surface area (TPSA) is 67.2 Å². The van der Waals surface area contributed by atoms with Gasteiger partial charge in [-0.3, -0.25) is 4.79 Å². The molecule has 8 heteroatoms. The van der Waals surface area contributed by atoms with Gasteiger partial charge in [0.2, 0.25) is 0 Å². The number of thiazole rings is 1. The summed E-state index contributed by atoms with van der Waals surface area (Å²) in [6.45, 7) is 2.73. The zero-order valence-corrected chi connectivity index (χ0v) is 16.5. The number of amides is 1. The molecular formula is C18H21Cl2N3O2S. The van der Waals surface area contributed by atoms with Gasteiger partial charge in [-0.1, -0.05) is 12.1 Å². The van der Waals surface area contributed by atoms with Crippen molar-refractivity contribution in [2.75, 3.05) is 19.6 Å². The fourth-order valence-corrected chi connectivity index (χ4v) is 3.90. The lowest BCUT2D eigenvalue weighted by molar-refractivity contribution is 0.0918. The number of halogens is 2. The van der Waals surface area contributed by atoms with Gasteiger partial charge in [0.1, 0.15) is 0 Å². The van der Waals surface area contributed by atoms with Gasteiger partial charge in [0.15, 0.2) is 16.5 Å². The number of carbonyl (C=O) groups is 1. The van der Waals surface area contributed by atoms with E-state index in [1.54, 1.807) is 17.4 Å². The van der Waals surface area contributed by atoms with E-state index in [2.05, 4.69) is 15.6 Å². The van der Waals surface area contributed by atoms with Gasteiger partial charge < -0.3 is 15.1 Å². The summed E-state index contributed by atoms with van der Waals surface area (Å²) >= 11 is 1.57. The van der Waals surface area contributed by atoms with Crippen LogP contribution in [-0.2, 0) is 0 Å². The molecule has 5 nitrogen and oxygen atoms in total. The minimum Gasteiger partial charge on any atom is -0.448 e. The van der Waals surface area contributed by atoms with E-state index in [1.807, 2.05) is 30.3 Å². The van der Waals surface area contributed by atoms with Gasteiger partial charge in [-0.2, -0.15) is 0 Å². The van der Waals surface area contributed by atoms with Crippen molar-refractivity contribution in [3.8, 4) is 10.8 Å². The number of hydrogen-bond donors (Lipinski definition) is 2. The molecule has 2 N–H and O–H groups in total. The average Bonchev–Trinajstić information content (AvgIpc) is 3.27. The highest BCUT2D eigenvalue weighted by molar-refractivity contribution is 7.21. The van der Waals surface area contributed by atoms with Crippen LogP contribution in [0.25, 0.3) is 21.0 Å². The van der Waals surface area contributed by atoms with Crippen LogP contribution in [0, 0.1) is 5.92 Å². The Labute approximate surface area is 168 Å². The molecule has 4 rings (SSSR count). The Morgan fingerprint density at radius 3 is 2.88 bits per heavy atom. The zero-order chi connectivity index (χ0) is 16.4. The van der Waals surface area contributed by atoms with Crippen LogP contribution in [0.4, 0.5) is 0 Å². The van der Waals surface area contributed by atoms with Gasteiger partial charge >= 0.3 is 0 Å². The lowest BCUT2D eigenvalue weighted by atomic mass is 10.00. The Morgan fingerprint density at radius 1 is 1.27 bits per heavy atom. The van der Waals surface area contributed by atoms with E-state index in [0.717, 1.165) is 34.7 Å². The van der Waals surface area contributed by atoms with Gasteiger partial charge in [-0.05, 0) is 56.1 Å². The summed E-state index contributed by atoms with van der Waals surface area (Å²) in [5.74, 6) is 1.32. The van der Waals surface area contributed by atoms with Crippen LogP contribution in [0.15, 0.2) is 40.8 Å². The van der Waals surface area contributed by atoms with Crippen LogP contribution in [0.5, 0.6) is 0 Å². The number of carbonyl (C=O) groups excluding carboxylic acids is 1. The van der Waals surface area contributed by atoms with Crippen LogP contribution in [0.3, 0.4) is 0 Å². The van der Waals surface area contributed by atoms with Crippen LogP contribution >= 0.6 is 36.2 Å². The second-order valence-electron chi connectivity index (χ2n) is 6.07. The number of nitrogens with zero attached hydrogens (tertiary/aromatic N) is 1. The quantitative estimate of drug-likeness (QED) is 0.674. The highest BCUT2D eigenvalue weighted by Crippen LogP contribution is 2.31. The van der Waals surface area contributed by atoms with Gasteiger partial charge in [-0.15, -0.1) is 36.2 Å². The number of hydrogen-bond acceptors (Lipinski definition) is 5. The molecule has 0 spiro atoms. The number of nitrogens with one attached hydrogen (secondary N) is 2. The first kappa shape index (κ1) is 20.7. The SMILES string of the molecule is Cl.Cl.O=C(NCC1CCCNC1)c1ccc(-c2nc3ccccc3s2)o1. The molecule has 1 amide bonds. The molecule has 26 heavy (non-hydrogen) atoms. The molecule has 1 saturated heterocycles. The van der Waals surface area contributed by atoms with Gasteiger partial charge in [0, 0.05) is 6.54 Å². The van der Waals surface area contributed by atoms with E-state index in [9.17, 15) is 4.79 Å². The van der Waals surface area contributed by atoms with Crippen molar-refractivity contribution < 1.29 is 9.21 Å². The number of benzene rings is 1. The van der Waals surface area contributed by atoms with E-state index in [1.165, 1.54) is 6.42 Å². The molecule has 0 saturated carbocycles. The van der Waals surface area contributed by atoms with Crippen LogP contribution in [-0.4, -0.2) is 30.5 Å². The summed E-state index contributed by atoms with van der Waals surface area (Å²) in [6, 6.07) is 11.5. The molecule has 1 aliphatic heterocycles. The lowest BCUT2D eigenvalue weighted by Crippen LogP contribution is -2.38. The highest BCUT2D eigenvalue weighted by Gasteiger charge is 2.17. The predicted molar refractivity (Wildman–Crippen MR) is 110 cm³/mol. The van der Waals surface area contributed by atoms with E-state index < -0.39 is 0 Å². The molecule has 0 bridgehead atoms. The number of furan rings is 1. The number of aromatic nitrogens is 1. The minimum atomic E-state index is -0.159. The van der Waals surface area contributed by atoms with Crippen molar-refractivity contribution >= 4 is 52.3 Å². The van der Waals surface area contributed by atoms with Gasteiger partial charge in [-0.25, -0.2) is 4.98 Å². The molecule has 3 aromatic rings. The molecule has 0 aliphatic carbocycles. The van der Waals surface area contributed by atoms with E-state index in [0.29, 0.717) is 24.0 Å². The Bertz CT molecular complexity index is 826. The molecular weight excluding hydrogens is 393 g/mol. The van der Waals surface area contributed by atoms with Gasteiger partial charge in [0.05, 0.1) is 10.2 Å². The monoisotopic (exact) mass is 413 g/mol. The number of para-hydroxylation sites is 1. The summed E-state index contributed by atoms with van der Waals surface area (Å²) in [4.78, 5) is 16.8. The molecule has 2 aromatic heterocycles. The normalized spacial score (nSPS) is 16.5. The van der Waals surface area contributed by atoms with Crippen molar-refractivity contribution in [3.05, 3.63) is 42.2 Å². The molecule has 0 radical (unpaired) electrons. The molecule has 1 fully saturated rings. The molecule has 3 heterocycles. The first-order valence-electron chi connectivity index (χ1n) is 8.24. The number of rotatable bonds is 4. The van der Waals surface area contributed by atoms with Crippen molar-refractivity contribution in [3.63, 3.8) is 0 Å². The maximum atomic E-state index is 12.3. The third-order valence-electron chi connectivity index (χ3n) is 4.28. The Hall–Kier alpha value is -1.60. The largest absolute Gasteiger partial charge is 0.448 e. The third kappa shape index (κ3) is 4.57. The summed E-state index contributed by atoms with van der Waals surface area (Å²) in [7, 11) is 0. The predicted octanol–water partition coefficient (Wildman–Crippen LogP) is 4.13. The maximum absolute atomic E-state index is 12.3. The number of piperidine rings is 1. The van der Waals surface area contributed by atoms with E-state index in [-0.39, 0.29) is 30.7 Å². The maximum Gasteiger partial charge on any atom is 0.287 e. The van der Waals surface area contributed by atoms with Crippen molar-refractivity contribution in [1.29, 1.82) is 0 Å². The lowest BCUT2D eigenvalue weighted by Gasteiger charge is -2.22. The van der Waals surface area contributed by atoms with E-state index in [4.69, 9.17) is 4.42 Å². The van der Waals surface area contributed by atoms with Crippen molar-refractivity contribution in [2.24, 2.45) is 5.92 Å². The Kier molecular flexibility index (Phi) is 7.46. The van der Waals surface area contributed by atoms with Crippen molar-refractivity contribution in [1.82, 2.24) is 15.6 Å². The zero-order valence-electron chi connectivity index (χ0n) is 14.1. The molecule has 1 atom stereocenters. The van der Waals surface area contributed by atoms with Crippen molar-refractivity contribution in [2.45, 2.75) is 12.8 Å².